The van der Waals surface area contributed by atoms with E-state index in [1.165, 1.54) is 0 Å². The van der Waals surface area contributed by atoms with E-state index in [0.29, 0.717) is 17.9 Å². The van der Waals surface area contributed by atoms with Gasteiger partial charge in [0.1, 0.15) is 5.75 Å². The van der Waals surface area contributed by atoms with Crippen molar-refractivity contribution in [2.45, 2.75) is 13.3 Å². The average Bonchev–Trinajstić information content (AvgIpc) is 2.09. The molecule has 4 heteroatoms. The Balaban J connectivity index is 2.95. The highest BCUT2D eigenvalue weighted by Crippen LogP contribution is 2.24. The van der Waals surface area contributed by atoms with Crippen LogP contribution in [-0.4, -0.2) is 17.7 Å². The Hall–Kier alpha value is -1.03. The second kappa shape index (κ2) is 5.00. The number of ether oxygens (including phenoxy) is 1. The maximum atomic E-state index is 10.5. The van der Waals surface area contributed by atoms with Gasteiger partial charge in [-0.1, -0.05) is 22.0 Å². The molecule has 1 N–H and O–H groups in total. The molecule has 1 aromatic rings. The van der Waals surface area contributed by atoms with Gasteiger partial charge in [0.25, 0.3) is 0 Å². The molecule has 0 bridgehead atoms. The Morgan fingerprint density at radius 3 is 2.86 bits per heavy atom. The molecule has 3 nitrogen and oxygen atoms in total. The number of carbonyl (C=O) groups is 1. The summed E-state index contributed by atoms with van der Waals surface area (Å²) in [5, 5.41) is 8.66. The van der Waals surface area contributed by atoms with Crippen molar-refractivity contribution in [3.8, 4) is 5.75 Å². The number of rotatable bonds is 4. The predicted octanol–water partition coefficient (Wildman–Crippen LogP) is 2.47. The first-order valence-corrected chi connectivity index (χ1v) is 5.05. The second-order valence-electron chi connectivity index (χ2n) is 2.76. The first-order valence-electron chi connectivity index (χ1n) is 4.26. The van der Waals surface area contributed by atoms with E-state index in [4.69, 9.17) is 9.84 Å². The lowest BCUT2D eigenvalue weighted by molar-refractivity contribution is -0.136. The number of carboxylic acids is 1. The normalized spacial score (nSPS) is 9.86. The molecule has 0 saturated carbocycles. The molecule has 0 unspecified atom stereocenters. The Morgan fingerprint density at radius 1 is 1.57 bits per heavy atom. The molecule has 1 rings (SSSR count). The van der Waals surface area contributed by atoms with Crippen LogP contribution in [0.25, 0.3) is 0 Å². The van der Waals surface area contributed by atoms with Crippen LogP contribution in [0.3, 0.4) is 0 Å². The molecule has 0 atom stereocenters. The number of carboxylic acid groups (broad SMARTS) is 1. The fourth-order valence-corrected chi connectivity index (χ4v) is 1.47. The van der Waals surface area contributed by atoms with Gasteiger partial charge < -0.3 is 9.84 Å². The highest BCUT2D eigenvalue weighted by atomic mass is 79.9. The van der Waals surface area contributed by atoms with Gasteiger partial charge in [0.2, 0.25) is 0 Å². The monoisotopic (exact) mass is 258 g/mol. The Kier molecular flexibility index (Phi) is 3.95. The molecule has 0 saturated heterocycles. The molecule has 0 spiro atoms. The van der Waals surface area contributed by atoms with Crippen LogP contribution in [0, 0.1) is 0 Å². The Morgan fingerprint density at radius 2 is 2.29 bits per heavy atom. The van der Waals surface area contributed by atoms with Gasteiger partial charge in [0.05, 0.1) is 13.0 Å². The predicted molar refractivity (Wildman–Crippen MR) is 56.7 cm³/mol. The lowest BCUT2D eigenvalue weighted by Crippen LogP contribution is -2.03. The third-order valence-electron chi connectivity index (χ3n) is 1.67. The molecule has 0 aliphatic carbocycles. The molecule has 76 valence electrons. The molecule has 0 radical (unpaired) electrons. The van der Waals surface area contributed by atoms with Crippen LogP contribution >= 0.6 is 15.9 Å². The number of hydrogen-bond donors (Lipinski definition) is 1. The molecule has 0 fully saturated rings. The van der Waals surface area contributed by atoms with Crippen LogP contribution in [-0.2, 0) is 11.2 Å². The van der Waals surface area contributed by atoms with Crippen molar-refractivity contribution in [2.75, 3.05) is 6.61 Å². The first kappa shape index (κ1) is 11.0. The highest BCUT2D eigenvalue weighted by Gasteiger charge is 2.07. The minimum absolute atomic E-state index is 0.0113. The van der Waals surface area contributed by atoms with Gasteiger partial charge in [0.15, 0.2) is 0 Å². The van der Waals surface area contributed by atoms with Crippen LogP contribution in [0.5, 0.6) is 5.75 Å². The molecule has 1 aromatic carbocycles. The first-order chi connectivity index (χ1) is 6.63. The van der Waals surface area contributed by atoms with E-state index in [1.54, 1.807) is 18.2 Å². The molecular weight excluding hydrogens is 248 g/mol. The molecule has 0 heterocycles. The fraction of sp³-hybridized carbons (Fsp3) is 0.300. The van der Waals surface area contributed by atoms with Crippen molar-refractivity contribution in [1.82, 2.24) is 0 Å². The number of aliphatic carboxylic acids is 1. The highest BCUT2D eigenvalue weighted by molar-refractivity contribution is 9.10. The van der Waals surface area contributed by atoms with Gasteiger partial charge in [0, 0.05) is 10.0 Å². The molecule has 0 aliphatic rings. The van der Waals surface area contributed by atoms with Gasteiger partial charge in [-0.25, -0.2) is 0 Å². The second-order valence-corrected chi connectivity index (χ2v) is 3.67. The van der Waals surface area contributed by atoms with Gasteiger partial charge in [-0.2, -0.15) is 0 Å². The van der Waals surface area contributed by atoms with Crippen molar-refractivity contribution in [2.24, 2.45) is 0 Å². The Labute approximate surface area is 90.8 Å². The molecule has 0 amide bonds. The van der Waals surface area contributed by atoms with Crippen molar-refractivity contribution >= 4 is 21.9 Å². The third-order valence-corrected chi connectivity index (χ3v) is 2.16. The van der Waals surface area contributed by atoms with Gasteiger partial charge in [-0.3, -0.25) is 4.79 Å². The standard InChI is InChI=1S/C10H11BrO3/c1-2-14-9-6-8(11)4-3-7(9)5-10(12)13/h3-4,6H,2,5H2,1H3,(H,12,13). The summed E-state index contributed by atoms with van der Waals surface area (Å²) in [6.07, 6.45) is -0.0113. The van der Waals surface area contributed by atoms with Crippen molar-refractivity contribution in [1.29, 1.82) is 0 Å². The Bertz CT molecular complexity index is 336. The summed E-state index contributed by atoms with van der Waals surface area (Å²) in [7, 11) is 0. The van der Waals surface area contributed by atoms with Gasteiger partial charge in [-0.15, -0.1) is 0 Å². The third kappa shape index (κ3) is 3.03. The minimum Gasteiger partial charge on any atom is -0.494 e. The smallest absolute Gasteiger partial charge is 0.307 e. The van der Waals surface area contributed by atoms with E-state index in [0.717, 1.165) is 4.47 Å². The lowest BCUT2D eigenvalue weighted by atomic mass is 10.1. The molecular formula is C10H11BrO3. The van der Waals surface area contributed by atoms with Crippen LogP contribution in [0.4, 0.5) is 0 Å². The van der Waals surface area contributed by atoms with Crippen LogP contribution in [0.1, 0.15) is 12.5 Å². The zero-order chi connectivity index (χ0) is 10.6. The minimum atomic E-state index is -0.853. The maximum Gasteiger partial charge on any atom is 0.307 e. The van der Waals surface area contributed by atoms with E-state index >= 15 is 0 Å². The summed E-state index contributed by atoms with van der Waals surface area (Å²) in [5.74, 6) is -0.224. The van der Waals surface area contributed by atoms with Crippen LogP contribution in [0.15, 0.2) is 22.7 Å². The average molecular weight is 259 g/mol. The topological polar surface area (TPSA) is 46.5 Å². The number of halogens is 1. The number of hydrogen-bond acceptors (Lipinski definition) is 2. The molecule has 0 aliphatic heterocycles. The molecule has 0 aromatic heterocycles. The van der Waals surface area contributed by atoms with Crippen LogP contribution in [0.2, 0.25) is 0 Å². The quantitative estimate of drug-likeness (QED) is 0.903. The summed E-state index contributed by atoms with van der Waals surface area (Å²) in [4.78, 5) is 10.5. The van der Waals surface area contributed by atoms with E-state index in [9.17, 15) is 4.79 Å². The van der Waals surface area contributed by atoms with Crippen molar-refractivity contribution in [3.05, 3.63) is 28.2 Å². The summed E-state index contributed by atoms with van der Waals surface area (Å²) in [6, 6.07) is 5.34. The fourth-order valence-electron chi connectivity index (χ4n) is 1.13. The van der Waals surface area contributed by atoms with Crippen LogP contribution < -0.4 is 4.74 Å². The van der Waals surface area contributed by atoms with Gasteiger partial charge >= 0.3 is 5.97 Å². The summed E-state index contributed by atoms with van der Waals surface area (Å²) in [6.45, 7) is 2.40. The van der Waals surface area contributed by atoms with Gasteiger partial charge in [-0.05, 0) is 19.1 Å². The largest absolute Gasteiger partial charge is 0.494 e. The lowest BCUT2D eigenvalue weighted by Gasteiger charge is -2.08. The van der Waals surface area contributed by atoms with E-state index < -0.39 is 5.97 Å². The van der Waals surface area contributed by atoms with Crippen molar-refractivity contribution in [3.63, 3.8) is 0 Å². The summed E-state index contributed by atoms with van der Waals surface area (Å²) >= 11 is 3.31. The van der Waals surface area contributed by atoms with E-state index in [1.807, 2.05) is 6.92 Å². The summed E-state index contributed by atoms with van der Waals surface area (Å²) < 4.78 is 6.21. The SMILES string of the molecule is CCOc1cc(Br)ccc1CC(=O)O. The van der Waals surface area contributed by atoms with Crippen molar-refractivity contribution < 1.29 is 14.6 Å². The van der Waals surface area contributed by atoms with E-state index in [2.05, 4.69) is 15.9 Å². The number of benzene rings is 1. The van der Waals surface area contributed by atoms with E-state index in [-0.39, 0.29) is 6.42 Å². The maximum absolute atomic E-state index is 10.5. The zero-order valence-corrected chi connectivity index (χ0v) is 9.37. The zero-order valence-electron chi connectivity index (χ0n) is 7.79. The summed E-state index contributed by atoms with van der Waals surface area (Å²) in [5.41, 5.74) is 0.697. The molecule has 14 heavy (non-hydrogen) atoms.